The molecule has 168 valence electrons. The first-order valence-corrected chi connectivity index (χ1v) is 9.61. The number of aromatic nitrogens is 2. The number of amides is 2. The molecule has 11 heteroatoms. The van der Waals surface area contributed by atoms with E-state index < -0.39 is 28.9 Å². The van der Waals surface area contributed by atoms with Gasteiger partial charge in [-0.2, -0.15) is 13.2 Å². The topological polar surface area (TPSA) is 113 Å². The molecule has 0 atom stereocenters. The Morgan fingerprint density at radius 1 is 0.938 bits per heavy atom. The summed E-state index contributed by atoms with van der Waals surface area (Å²) < 4.78 is 39.0. The van der Waals surface area contributed by atoms with Crippen molar-refractivity contribution in [2.45, 2.75) is 19.1 Å². The van der Waals surface area contributed by atoms with Gasteiger partial charge in [-0.3, -0.25) is 23.9 Å². The first-order valence-electron chi connectivity index (χ1n) is 9.61. The number of alkyl halides is 3. The van der Waals surface area contributed by atoms with Gasteiger partial charge in [-0.25, -0.2) is 4.79 Å². The predicted octanol–water partition coefficient (Wildman–Crippen LogP) is 1.64. The Labute approximate surface area is 179 Å². The number of carbonyl (C=O) groups excluding carboxylic acids is 2. The Morgan fingerprint density at radius 2 is 1.59 bits per heavy atom. The number of H-pyrrole nitrogens is 1. The number of fused-ring (bicyclic) bond motifs is 1. The lowest BCUT2D eigenvalue weighted by atomic mass is 10.1. The van der Waals surface area contributed by atoms with Crippen molar-refractivity contribution in [1.29, 1.82) is 0 Å². The summed E-state index contributed by atoms with van der Waals surface area (Å²) in [5.41, 5.74) is -1.50. The molecule has 2 amide bonds. The Morgan fingerprint density at radius 3 is 2.28 bits per heavy atom. The van der Waals surface area contributed by atoms with Gasteiger partial charge in [-0.05, 0) is 36.4 Å². The van der Waals surface area contributed by atoms with Crippen LogP contribution in [-0.2, 0) is 17.5 Å². The van der Waals surface area contributed by atoms with E-state index in [1.54, 1.807) is 24.3 Å². The van der Waals surface area contributed by atoms with Crippen molar-refractivity contribution in [2.75, 3.05) is 13.1 Å². The van der Waals surface area contributed by atoms with Gasteiger partial charge in [0.1, 0.15) is 0 Å². The highest BCUT2D eigenvalue weighted by Crippen LogP contribution is 2.29. The van der Waals surface area contributed by atoms with Crippen LogP contribution in [0.2, 0.25) is 0 Å². The minimum Gasteiger partial charge on any atom is -0.354 e. The van der Waals surface area contributed by atoms with Crippen LogP contribution in [0, 0.1) is 0 Å². The fourth-order valence-corrected chi connectivity index (χ4v) is 3.06. The number of nitrogens with zero attached hydrogens (tertiary/aromatic N) is 1. The van der Waals surface area contributed by atoms with Gasteiger partial charge in [-0.15, -0.1) is 0 Å². The fraction of sp³-hybridized carbons (Fsp3) is 0.238. The van der Waals surface area contributed by atoms with Crippen molar-refractivity contribution in [3.8, 4) is 0 Å². The molecule has 0 spiro atoms. The number of nitrogens with one attached hydrogen (secondary N) is 3. The molecule has 0 saturated carbocycles. The van der Waals surface area contributed by atoms with E-state index in [4.69, 9.17) is 0 Å². The summed E-state index contributed by atoms with van der Waals surface area (Å²) in [5, 5.41) is 5.41. The van der Waals surface area contributed by atoms with Crippen LogP contribution in [0.4, 0.5) is 13.2 Å². The largest absolute Gasteiger partial charge is 0.416 e. The molecule has 0 saturated heterocycles. The van der Waals surface area contributed by atoms with Gasteiger partial charge in [0, 0.05) is 31.6 Å². The molecule has 3 rings (SSSR count). The second-order valence-corrected chi connectivity index (χ2v) is 6.86. The van der Waals surface area contributed by atoms with E-state index in [1.165, 1.54) is 4.57 Å². The zero-order chi connectivity index (χ0) is 23.3. The lowest BCUT2D eigenvalue weighted by Gasteiger charge is -2.10. The molecule has 0 radical (unpaired) electrons. The van der Waals surface area contributed by atoms with Gasteiger partial charge in [0.25, 0.3) is 11.5 Å². The molecule has 0 aliphatic heterocycles. The van der Waals surface area contributed by atoms with Crippen molar-refractivity contribution in [1.82, 2.24) is 20.2 Å². The summed E-state index contributed by atoms with van der Waals surface area (Å²) >= 11 is 0. The van der Waals surface area contributed by atoms with Crippen molar-refractivity contribution in [3.05, 3.63) is 80.5 Å². The van der Waals surface area contributed by atoms with Crippen LogP contribution in [0.25, 0.3) is 10.9 Å². The maximum Gasteiger partial charge on any atom is 0.416 e. The number of halogens is 3. The second-order valence-electron chi connectivity index (χ2n) is 6.86. The molecule has 0 unspecified atom stereocenters. The predicted molar refractivity (Wildman–Crippen MR) is 110 cm³/mol. The van der Waals surface area contributed by atoms with Gasteiger partial charge in [0.05, 0.1) is 16.5 Å². The maximum atomic E-state index is 12.6. The van der Waals surface area contributed by atoms with Crippen molar-refractivity contribution >= 4 is 22.7 Å². The zero-order valence-corrected chi connectivity index (χ0v) is 16.7. The van der Waals surface area contributed by atoms with Gasteiger partial charge >= 0.3 is 11.9 Å². The summed E-state index contributed by atoms with van der Waals surface area (Å²) in [6.07, 6.45) is -4.52. The highest BCUT2D eigenvalue weighted by atomic mass is 19.4. The first-order chi connectivity index (χ1) is 15.2. The summed E-state index contributed by atoms with van der Waals surface area (Å²) in [4.78, 5) is 50.2. The molecular weight excluding hydrogens is 429 g/mol. The molecule has 2 aromatic carbocycles. The summed E-state index contributed by atoms with van der Waals surface area (Å²) in [6, 6.07) is 10.3. The molecule has 0 bridgehead atoms. The Balaban J connectivity index is 1.47. The molecule has 8 nitrogen and oxygen atoms in total. The van der Waals surface area contributed by atoms with Gasteiger partial charge < -0.3 is 10.6 Å². The van der Waals surface area contributed by atoms with E-state index in [0.29, 0.717) is 10.9 Å². The number of para-hydroxylation sites is 1. The highest BCUT2D eigenvalue weighted by molar-refractivity contribution is 5.94. The average Bonchev–Trinajstić information content (AvgIpc) is 2.76. The van der Waals surface area contributed by atoms with Crippen molar-refractivity contribution < 1.29 is 22.8 Å². The van der Waals surface area contributed by atoms with Crippen LogP contribution in [0.15, 0.2) is 58.1 Å². The van der Waals surface area contributed by atoms with Crippen LogP contribution < -0.4 is 21.9 Å². The van der Waals surface area contributed by atoms with E-state index in [1.807, 2.05) is 0 Å². The lowest BCUT2D eigenvalue weighted by molar-refractivity contribution is -0.137. The lowest BCUT2D eigenvalue weighted by Crippen LogP contribution is -2.36. The normalized spacial score (nSPS) is 11.3. The molecule has 1 heterocycles. The summed E-state index contributed by atoms with van der Waals surface area (Å²) in [5.74, 6) is -0.949. The minimum atomic E-state index is -4.48. The SMILES string of the molecule is O=C(CCn1c(=O)[nH]c(=O)c2ccccc21)NCCNC(=O)c1ccc(C(F)(F)F)cc1. The summed E-state index contributed by atoms with van der Waals surface area (Å²) in [7, 11) is 0. The second kappa shape index (κ2) is 9.50. The smallest absolute Gasteiger partial charge is 0.354 e. The van der Waals surface area contributed by atoms with Crippen molar-refractivity contribution in [2.24, 2.45) is 0 Å². The van der Waals surface area contributed by atoms with E-state index in [0.717, 1.165) is 24.3 Å². The average molecular weight is 448 g/mol. The number of hydrogen-bond donors (Lipinski definition) is 3. The van der Waals surface area contributed by atoms with E-state index in [9.17, 15) is 32.3 Å². The van der Waals surface area contributed by atoms with Crippen LogP contribution >= 0.6 is 0 Å². The van der Waals surface area contributed by atoms with Gasteiger partial charge in [0.15, 0.2) is 0 Å². The minimum absolute atomic E-state index is 0.0389. The number of carbonyl (C=O) groups is 2. The van der Waals surface area contributed by atoms with Crippen LogP contribution in [-0.4, -0.2) is 34.5 Å². The monoisotopic (exact) mass is 448 g/mol. The molecule has 0 fully saturated rings. The van der Waals surface area contributed by atoms with Crippen LogP contribution in [0.1, 0.15) is 22.3 Å². The Bertz CT molecular complexity index is 1250. The van der Waals surface area contributed by atoms with E-state index in [2.05, 4.69) is 15.6 Å². The third-order valence-electron chi connectivity index (χ3n) is 4.67. The van der Waals surface area contributed by atoms with Crippen LogP contribution in [0.5, 0.6) is 0 Å². The van der Waals surface area contributed by atoms with Gasteiger partial charge in [0.2, 0.25) is 5.91 Å². The molecule has 3 N–H and O–H groups in total. The zero-order valence-electron chi connectivity index (χ0n) is 16.7. The first kappa shape index (κ1) is 22.8. The Kier molecular flexibility index (Phi) is 6.76. The van der Waals surface area contributed by atoms with E-state index >= 15 is 0 Å². The fourth-order valence-electron chi connectivity index (χ4n) is 3.06. The number of benzene rings is 2. The third kappa shape index (κ3) is 5.42. The molecule has 32 heavy (non-hydrogen) atoms. The summed E-state index contributed by atoms with van der Waals surface area (Å²) in [6.45, 7) is 0.194. The van der Waals surface area contributed by atoms with E-state index in [-0.39, 0.29) is 37.5 Å². The highest BCUT2D eigenvalue weighted by Gasteiger charge is 2.30. The number of aromatic amines is 1. The number of rotatable bonds is 7. The molecule has 0 aliphatic rings. The quantitative estimate of drug-likeness (QED) is 0.477. The molecule has 3 aromatic rings. The third-order valence-corrected chi connectivity index (χ3v) is 4.67. The number of hydrogen-bond acceptors (Lipinski definition) is 4. The van der Waals surface area contributed by atoms with Gasteiger partial charge in [-0.1, -0.05) is 12.1 Å². The number of aryl methyl sites for hydroxylation is 1. The molecule has 0 aliphatic carbocycles. The maximum absolute atomic E-state index is 12.6. The molecule has 1 aromatic heterocycles. The standard InChI is InChI=1S/C21H19F3N4O4/c22-21(23,24)14-7-5-13(6-8-14)18(30)26-11-10-25-17(29)9-12-28-16-4-2-1-3-15(16)19(31)27-20(28)32/h1-8H,9-12H2,(H,25,29)(H,26,30)(H,27,31,32). The van der Waals surface area contributed by atoms with Crippen LogP contribution in [0.3, 0.4) is 0 Å². The Hall–Kier alpha value is -3.89. The van der Waals surface area contributed by atoms with Crippen molar-refractivity contribution in [3.63, 3.8) is 0 Å². The molecular formula is C21H19F3N4O4.